The van der Waals surface area contributed by atoms with Crippen LogP contribution < -0.4 is 5.32 Å². The Hall–Kier alpha value is -4.30. The molecule has 0 fully saturated rings. The van der Waals surface area contributed by atoms with E-state index in [1.54, 1.807) is 36.1 Å². The van der Waals surface area contributed by atoms with Crippen LogP contribution in [0.5, 0.6) is 0 Å². The molecule has 0 spiro atoms. The van der Waals surface area contributed by atoms with Crippen LogP contribution in [0.1, 0.15) is 143 Å². The number of nitrogens with zero attached hydrogens (tertiary/aromatic N) is 2. The van der Waals surface area contributed by atoms with E-state index < -0.39 is 0 Å². The minimum atomic E-state index is -0.250. The van der Waals surface area contributed by atoms with Crippen molar-refractivity contribution in [3.05, 3.63) is 113 Å². The molecule has 2 N–H and O–H groups in total. The van der Waals surface area contributed by atoms with Gasteiger partial charge >= 0.3 is 0 Å². The number of thiophene rings is 1. The van der Waals surface area contributed by atoms with Crippen LogP contribution in [0, 0.1) is 0 Å². The molecule has 3 rings (SSSR count). The topological polar surface area (TPSA) is 101 Å². The Kier molecular flexibility index (Phi) is 26.6. The highest BCUT2D eigenvalue weighted by Gasteiger charge is 2.14. The van der Waals surface area contributed by atoms with Crippen molar-refractivity contribution in [3.8, 4) is 11.4 Å². The van der Waals surface area contributed by atoms with Crippen molar-refractivity contribution in [3.63, 3.8) is 0 Å². The molecule has 0 bridgehead atoms. The van der Waals surface area contributed by atoms with E-state index in [1.807, 2.05) is 56.3 Å². The number of carbonyl (C=O) groups is 2. The summed E-state index contributed by atoms with van der Waals surface area (Å²) in [6.07, 6.45) is 30.2. The van der Waals surface area contributed by atoms with Crippen molar-refractivity contribution < 1.29 is 19.4 Å². The number of nitrogens with one attached hydrogen (secondary N) is 1. The highest BCUT2D eigenvalue weighted by Crippen LogP contribution is 2.24. The van der Waals surface area contributed by atoms with E-state index in [2.05, 4.69) is 61.3 Å². The van der Waals surface area contributed by atoms with Crippen LogP contribution in [0.15, 0.2) is 92.5 Å². The molecule has 1 amide bonds. The second-order valence-corrected chi connectivity index (χ2v) is 14.5. The molecule has 0 aliphatic rings. The van der Waals surface area contributed by atoms with Gasteiger partial charge in [0.2, 0.25) is 0 Å². The molecule has 8 heteroatoms. The minimum absolute atomic E-state index is 0.00554. The molecule has 7 nitrogen and oxygen atoms in total. The summed E-state index contributed by atoms with van der Waals surface area (Å²) in [6, 6.07) is 12.2. The Labute approximate surface area is 324 Å². The van der Waals surface area contributed by atoms with Gasteiger partial charge in [-0.25, -0.2) is 9.97 Å². The lowest BCUT2D eigenvalue weighted by molar-refractivity contribution is -0.122. The van der Waals surface area contributed by atoms with Gasteiger partial charge in [0.25, 0.3) is 12.4 Å². The number of allylic oxidation sites excluding steroid dienone is 5. The van der Waals surface area contributed by atoms with Gasteiger partial charge in [-0.05, 0) is 62.0 Å². The number of carboxylic acid groups (broad SMARTS) is 1. The molecule has 3 aromatic rings. The summed E-state index contributed by atoms with van der Waals surface area (Å²) >= 11 is 1.57. The summed E-state index contributed by atoms with van der Waals surface area (Å²) in [5.41, 5.74) is 3.92. The monoisotopic (exact) mass is 743 g/mol. The van der Waals surface area contributed by atoms with Gasteiger partial charge in [0, 0.05) is 34.4 Å². The normalized spacial score (nSPS) is 11.4. The van der Waals surface area contributed by atoms with Gasteiger partial charge < -0.3 is 15.2 Å². The van der Waals surface area contributed by atoms with Crippen molar-refractivity contribution >= 4 is 29.3 Å². The second kappa shape index (κ2) is 30.2. The number of unbranched alkanes of at least 4 members (excludes halogenated alkanes) is 11. The molecule has 1 atom stereocenters. The fraction of sp³-hybridized carbons (Fsp3) is 0.467. The third-order valence-electron chi connectivity index (χ3n) is 8.37. The molecule has 0 saturated heterocycles. The summed E-state index contributed by atoms with van der Waals surface area (Å²) in [7, 11) is 0. The molecule has 53 heavy (non-hydrogen) atoms. The zero-order chi connectivity index (χ0) is 39.1. The molecule has 0 aliphatic heterocycles. The van der Waals surface area contributed by atoms with E-state index in [4.69, 9.17) is 14.6 Å². The van der Waals surface area contributed by atoms with E-state index >= 15 is 0 Å². The number of hydrogen-bond donors (Lipinski definition) is 2. The van der Waals surface area contributed by atoms with E-state index in [1.165, 1.54) is 81.9 Å². The van der Waals surface area contributed by atoms with Crippen molar-refractivity contribution in [2.45, 2.75) is 130 Å². The first-order valence-electron chi connectivity index (χ1n) is 19.3. The lowest BCUT2D eigenvalue weighted by atomic mass is 10.0. The second-order valence-electron chi connectivity index (χ2n) is 13.4. The lowest BCUT2D eigenvalue weighted by Gasteiger charge is -2.13. The smallest absolute Gasteiger partial charge is 0.290 e. The van der Waals surface area contributed by atoms with Gasteiger partial charge in [0.15, 0.2) is 5.82 Å². The van der Waals surface area contributed by atoms with E-state index in [9.17, 15) is 4.79 Å². The largest absolute Gasteiger partial charge is 0.501 e. The number of hydrogen-bond acceptors (Lipinski definition) is 6. The Morgan fingerprint density at radius 2 is 1.47 bits per heavy atom. The molecule has 0 radical (unpaired) electrons. The maximum absolute atomic E-state index is 12.5. The molecular formula is C45H65N3O4S. The Balaban J connectivity index is 0.000000548. The van der Waals surface area contributed by atoms with Crippen LogP contribution in [-0.2, 0) is 16.0 Å². The van der Waals surface area contributed by atoms with Crippen LogP contribution in [0.2, 0.25) is 0 Å². The van der Waals surface area contributed by atoms with Gasteiger partial charge in [-0.15, -0.1) is 11.3 Å². The van der Waals surface area contributed by atoms with Crippen molar-refractivity contribution in [2.75, 3.05) is 6.61 Å². The summed E-state index contributed by atoms with van der Waals surface area (Å²) in [5.74, 6) is 1.12. The van der Waals surface area contributed by atoms with E-state index in [0.29, 0.717) is 11.7 Å². The molecule has 2 heterocycles. The molecule has 2 aromatic heterocycles. The van der Waals surface area contributed by atoms with Crippen LogP contribution >= 0.6 is 11.3 Å². The Morgan fingerprint density at radius 1 is 0.906 bits per heavy atom. The number of carbonyl (C=O) groups excluding carboxylic acids is 1. The fourth-order valence-corrected chi connectivity index (χ4v) is 6.33. The molecule has 0 aliphatic carbocycles. The highest BCUT2D eigenvalue weighted by molar-refractivity contribution is 7.14. The first-order valence-corrected chi connectivity index (χ1v) is 20.1. The SMILES string of the molecule is C=C(/C=C\C)c1cnc(-c2ccc(CC(C)NC(=O)c3ccc(C(C)C)s3)cc2)nc1.C=C/C=C/OCCCCCCCCCCCCCC.O=CO. The van der Waals surface area contributed by atoms with Crippen molar-refractivity contribution in [2.24, 2.45) is 0 Å². The summed E-state index contributed by atoms with van der Waals surface area (Å²) < 4.78 is 5.31. The first-order chi connectivity index (χ1) is 25.7. The van der Waals surface area contributed by atoms with Gasteiger partial charge in [-0.3, -0.25) is 9.59 Å². The van der Waals surface area contributed by atoms with Gasteiger partial charge in [-0.1, -0.05) is 147 Å². The number of benzene rings is 1. The van der Waals surface area contributed by atoms with Crippen LogP contribution in [0.25, 0.3) is 17.0 Å². The number of rotatable bonds is 23. The lowest BCUT2D eigenvalue weighted by Crippen LogP contribution is -2.33. The van der Waals surface area contributed by atoms with Gasteiger partial charge in [0.05, 0.1) is 17.7 Å². The fourth-order valence-electron chi connectivity index (χ4n) is 5.42. The number of ether oxygens (including phenoxy) is 1. The molecule has 290 valence electrons. The van der Waals surface area contributed by atoms with Crippen LogP contribution in [-0.4, -0.2) is 40.1 Å². The zero-order valence-electron chi connectivity index (χ0n) is 33.0. The van der Waals surface area contributed by atoms with Gasteiger partial charge in [0.1, 0.15) is 0 Å². The third-order valence-corrected chi connectivity index (χ3v) is 9.75. The predicted molar refractivity (Wildman–Crippen MR) is 225 cm³/mol. The summed E-state index contributed by atoms with van der Waals surface area (Å²) in [4.78, 5) is 31.8. The number of amides is 1. The summed E-state index contributed by atoms with van der Waals surface area (Å²) in [5, 5.41) is 9.99. The number of aromatic nitrogens is 2. The maximum atomic E-state index is 12.5. The van der Waals surface area contributed by atoms with Crippen molar-refractivity contribution in [1.82, 2.24) is 15.3 Å². The zero-order valence-corrected chi connectivity index (χ0v) is 33.8. The Bertz CT molecular complexity index is 1480. The van der Waals surface area contributed by atoms with Crippen LogP contribution in [0.3, 0.4) is 0 Å². The molecular weight excluding hydrogens is 679 g/mol. The molecule has 0 saturated carbocycles. The van der Waals surface area contributed by atoms with E-state index in [-0.39, 0.29) is 18.4 Å². The molecule has 1 unspecified atom stereocenters. The first kappa shape index (κ1) is 46.7. The van der Waals surface area contributed by atoms with Crippen molar-refractivity contribution in [1.29, 1.82) is 0 Å². The highest BCUT2D eigenvalue weighted by atomic mass is 32.1. The average Bonchev–Trinajstić information content (AvgIpc) is 3.66. The molecule has 1 aromatic carbocycles. The van der Waals surface area contributed by atoms with Crippen LogP contribution in [0.4, 0.5) is 0 Å². The third kappa shape index (κ3) is 21.7. The predicted octanol–water partition coefficient (Wildman–Crippen LogP) is 12.4. The summed E-state index contributed by atoms with van der Waals surface area (Å²) in [6.45, 7) is 18.7. The maximum Gasteiger partial charge on any atom is 0.290 e. The standard InChI is InChI=1S/C26H29N3OS.C18H34O.CH2O2/c1-6-7-18(4)22-15-27-25(28-16-22)21-10-8-20(9-11-21)14-19(5)29-26(30)24-13-12-23(31-24)17(2)3;1-3-5-7-8-9-10-11-12-13-14-15-16-18-19-17-6-4-2;2-1-3/h6-13,15-17,19H,4,14H2,1-3,5H3,(H,29,30);4,6,17H,2-3,5,7-16,18H2,1H3;1H,(H,2,3)/b7-6-;17-6+;. The average molecular weight is 744 g/mol. The van der Waals surface area contributed by atoms with E-state index in [0.717, 1.165) is 40.2 Å². The Morgan fingerprint density at radius 3 is 1.98 bits per heavy atom. The van der Waals surface area contributed by atoms with Gasteiger partial charge in [-0.2, -0.15) is 0 Å². The quantitative estimate of drug-likeness (QED) is 0.0434. The minimum Gasteiger partial charge on any atom is -0.501 e.